The molecule has 0 bridgehead atoms. The second kappa shape index (κ2) is 10.3. The van der Waals surface area contributed by atoms with Gasteiger partial charge in [0.25, 0.3) is 0 Å². The van der Waals surface area contributed by atoms with E-state index >= 15 is 0 Å². The van der Waals surface area contributed by atoms with Crippen molar-refractivity contribution in [3.63, 3.8) is 0 Å². The van der Waals surface area contributed by atoms with Crippen molar-refractivity contribution in [2.75, 3.05) is 42.9 Å². The Hall–Kier alpha value is -3.26. The van der Waals surface area contributed by atoms with Crippen LogP contribution in [0.3, 0.4) is 0 Å². The molecule has 1 aromatic heterocycles. The molecule has 1 N–H and O–H groups in total. The Morgan fingerprint density at radius 3 is 2.68 bits per heavy atom. The van der Waals surface area contributed by atoms with Gasteiger partial charge in [-0.05, 0) is 75.0 Å². The molecule has 3 heterocycles. The van der Waals surface area contributed by atoms with Gasteiger partial charge in [-0.1, -0.05) is 17.3 Å². The summed E-state index contributed by atoms with van der Waals surface area (Å²) in [7, 11) is 0. The van der Waals surface area contributed by atoms with Crippen LogP contribution in [0.4, 0.5) is 15.8 Å². The summed E-state index contributed by atoms with van der Waals surface area (Å²) in [6.07, 6.45) is 5.65. The van der Waals surface area contributed by atoms with Crippen molar-refractivity contribution in [3.8, 4) is 11.4 Å². The van der Waals surface area contributed by atoms with Gasteiger partial charge in [0.1, 0.15) is 5.82 Å². The van der Waals surface area contributed by atoms with Gasteiger partial charge in [0.2, 0.25) is 17.6 Å². The number of carbonyl (C=O) groups excluding carboxylic acids is 1. The Kier molecular flexibility index (Phi) is 6.85. The zero-order valence-corrected chi connectivity index (χ0v) is 19.3. The van der Waals surface area contributed by atoms with Crippen LogP contribution in [-0.4, -0.2) is 53.7 Å². The standard InChI is InChI=1S/C26H30FN5O2/c27-21-8-4-6-19(16-21)25-29-26(34-30-25)20-7-5-13-31(17-20)18-24(33)28-22-9-11-23(12-10-22)32-14-2-1-3-15-32/h4,6,8-12,16,20H,1-3,5,7,13-15,17-18H2,(H,28,33). The minimum atomic E-state index is -0.333. The van der Waals surface area contributed by atoms with Gasteiger partial charge in [-0.25, -0.2) is 4.39 Å². The lowest BCUT2D eigenvalue weighted by Gasteiger charge is -2.30. The highest BCUT2D eigenvalue weighted by Crippen LogP contribution is 2.28. The minimum absolute atomic E-state index is 0.0302. The number of anilines is 2. The number of carbonyl (C=O) groups is 1. The van der Waals surface area contributed by atoms with E-state index in [1.807, 2.05) is 12.1 Å². The summed E-state index contributed by atoms with van der Waals surface area (Å²) in [5, 5.41) is 7.05. The van der Waals surface area contributed by atoms with E-state index in [0.717, 1.165) is 38.2 Å². The van der Waals surface area contributed by atoms with Crippen LogP contribution in [-0.2, 0) is 4.79 Å². The van der Waals surface area contributed by atoms with Crippen LogP contribution < -0.4 is 10.2 Å². The second-order valence-electron chi connectivity index (χ2n) is 9.18. The maximum Gasteiger partial charge on any atom is 0.238 e. The van der Waals surface area contributed by atoms with Crippen LogP contribution in [0.5, 0.6) is 0 Å². The van der Waals surface area contributed by atoms with Crippen LogP contribution in [0.1, 0.15) is 43.9 Å². The highest BCUT2D eigenvalue weighted by Gasteiger charge is 2.27. The van der Waals surface area contributed by atoms with Crippen molar-refractivity contribution < 1.29 is 13.7 Å². The lowest BCUT2D eigenvalue weighted by atomic mass is 9.98. The number of amides is 1. The Labute approximate surface area is 198 Å². The summed E-state index contributed by atoms with van der Waals surface area (Å²) in [6, 6.07) is 14.3. The van der Waals surface area contributed by atoms with Gasteiger partial charge >= 0.3 is 0 Å². The summed E-state index contributed by atoms with van der Waals surface area (Å²) >= 11 is 0. The summed E-state index contributed by atoms with van der Waals surface area (Å²) in [6.45, 7) is 4.04. The summed E-state index contributed by atoms with van der Waals surface area (Å²) in [5.74, 6) is 0.618. The molecule has 1 amide bonds. The van der Waals surface area contributed by atoms with Crippen molar-refractivity contribution >= 4 is 17.3 Å². The number of aromatic nitrogens is 2. The molecule has 1 unspecified atom stereocenters. The van der Waals surface area contributed by atoms with Crippen LogP contribution in [0, 0.1) is 5.82 Å². The number of likely N-dealkylation sites (tertiary alicyclic amines) is 1. The lowest BCUT2D eigenvalue weighted by molar-refractivity contribution is -0.117. The predicted octanol–water partition coefficient (Wildman–Crippen LogP) is 4.68. The first-order valence-electron chi connectivity index (χ1n) is 12.1. The molecule has 5 rings (SSSR count). The van der Waals surface area contributed by atoms with Crippen LogP contribution in [0.2, 0.25) is 0 Å². The van der Waals surface area contributed by atoms with E-state index in [1.54, 1.807) is 12.1 Å². The third-order valence-electron chi connectivity index (χ3n) is 6.62. The summed E-state index contributed by atoms with van der Waals surface area (Å²) < 4.78 is 19.0. The molecule has 2 saturated heterocycles. The van der Waals surface area contributed by atoms with Gasteiger partial charge in [0, 0.05) is 36.6 Å². The topological polar surface area (TPSA) is 74.5 Å². The van der Waals surface area contributed by atoms with Gasteiger partial charge < -0.3 is 14.7 Å². The van der Waals surface area contributed by atoms with Crippen molar-refractivity contribution in [1.29, 1.82) is 0 Å². The molecular weight excluding hydrogens is 433 g/mol. The molecule has 8 heteroatoms. The normalized spacial score (nSPS) is 19.2. The van der Waals surface area contributed by atoms with Gasteiger partial charge in [-0.15, -0.1) is 0 Å². The first-order chi connectivity index (χ1) is 16.6. The molecule has 2 aromatic carbocycles. The number of halogens is 1. The van der Waals surface area contributed by atoms with Crippen molar-refractivity contribution in [3.05, 3.63) is 60.2 Å². The first-order valence-corrected chi connectivity index (χ1v) is 12.1. The number of piperidine rings is 2. The molecule has 0 aliphatic carbocycles. The molecule has 34 heavy (non-hydrogen) atoms. The van der Waals surface area contributed by atoms with Gasteiger partial charge in [-0.3, -0.25) is 9.69 Å². The zero-order chi connectivity index (χ0) is 23.3. The van der Waals surface area contributed by atoms with E-state index in [9.17, 15) is 9.18 Å². The second-order valence-corrected chi connectivity index (χ2v) is 9.18. The quantitative estimate of drug-likeness (QED) is 0.572. The third-order valence-corrected chi connectivity index (χ3v) is 6.62. The molecule has 2 fully saturated rings. The Morgan fingerprint density at radius 1 is 1.06 bits per heavy atom. The number of benzene rings is 2. The van der Waals surface area contributed by atoms with Crippen molar-refractivity contribution in [2.24, 2.45) is 0 Å². The average molecular weight is 464 g/mol. The van der Waals surface area contributed by atoms with E-state index in [1.165, 1.54) is 37.1 Å². The van der Waals surface area contributed by atoms with Crippen LogP contribution in [0.25, 0.3) is 11.4 Å². The smallest absolute Gasteiger partial charge is 0.238 e. The SMILES string of the molecule is O=C(CN1CCCC(c2nc(-c3cccc(F)c3)no2)C1)Nc1ccc(N2CCCCC2)cc1. The number of nitrogens with one attached hydrogen (secondary N) is 1. The lowest BCUT2D eigenvalue weighted by Crippen LogP contribution is -2.39. The third kappa shape index (κ3) is 5.44. The van der Waals surface area contributed by atoms with Crippen LogP contribution in [0.15, 0.2) is 53.1 Å². The zero-order valence-electron chi connectivity index (χ0n) is 19.3. The minimum Gasteiger partial charge on any atom is -0.372 e. The molecule has 178 valence electrons. The van der Waals surface area contributed by atoms with E-state index in [4.69, 9.17) is 4.52 Å². The fourth-order valence-electron chi connectivity index (χ4n) is 4.86. The summed E-state index contributed by atoms with van der Waals surface area (Å²) in [5.41, 5.74) is 2.62. The molecule has 1 atom stereocenters. The number of nitrogens with zero attached hydrogens (tertiary/aromatic N) is 4. The fourth-order valence-corrected chi connectivity index (χ4v) is 4.86. The van der Waals surface area contributed by atoms with E-state index in [2.05, 4.69) is 37.4 Å². The predicted molar refractivity (Wildman–Crippen MR) is 129 cm³/mol. The van der Waals surface area contributed by atoms with Crippen molar-refractivity contribution in [1.82, 2.24) is 15.0 Å². The molecule has 7 nitrogen and oxygen atoms in total. The highest BCUT2D eigenvalue weighted by molar-refractivity contribution is 5.92. The number of hydrogen-bond donors (Lipinski definition) is 1. The molecule has 0 radical (unpaired) electrons. The first kappa shape index (κ1) is 22.5. The highest BCUT2D eigenvalue weighted by atomic mass is 19.1. The largest absolute Gasteiger partial charge is 0.372 e. The Balaban J connectivity index is 1.15. The Bertz CT molecular complexity index is 1110. The fraction of sp³-hybridized carbons (Fsp3) is 0.423. The maximum atomic E-state index is 13.5. The summed E-state index contributed by atoms with van der Waals surface area (Å²) in [4.78, 5) is 21.7. The van der Waals surface area contributed by atoms with E-state index in [-0.39, 0.29) is 17.6 Å². The molecule has 2 aliphatic heterocycles. The van der Waals surface area contributed by atoms with Gasteiger partial charge in [0.15, 0.2) is 0 Å². The maximum absolute atomic E-state index is 13.5. The average Bonchev–Trinajstić information content (AvgIpc) is 3.36. The van der Waals surface area contributed by atoms with E-state index < -0.39 is 0 Å². The molecular formula is C26H30FN5O2. The molecule has 3 aromatic rings. The van der Waals surface area contributed by atoms with Gasteiger partial charge in [0.05, 0.1) is 12.5 Å². The van der Waals surface area contributed by atoms with Crippen molar-refractivity contribution in [2.45, 2.75) is 38.0 Å². The molecule has 0 spiro atoms. The number of rotatable bonds is 6. The molecule has 0 saturated carbocycles. The monoisotopic (exact) mass is 463 g/mol. The van der Waals surface area contributed by atoms with E-state index in [0.29, 0.717) is 30.4 Å². The molecule has 2 aliphatic rings. The Morgan fingerprint density at radius 2 is 1.88 bits per heavy atom. The van der Waals surface area contributed by atoms with Gasteiger partial charge in [-0.2, -0.15) is 4.98 Å². The number of hydrogen-bond acceptors (Lipinski definition) is 6. The van der Waals surface area contributed by atoms with Crippen LogP contribution >= 0.6 is 0 Å².